The van der Waals surface area contributed by atoms with Crippen molar-refractivity contribution >= 4 is 5.97 Å². The number of aliphatic carboxylic acids is 1. The zero-order chi connectivity index (χ0) is 10.6. The minimum absolute atomic E-state index is 0.240. The molecule has 0 aromatic rings. The second-order valence-corrected chi connectivity index (χ2v) is 4.60. The quantitative estimate of drug-likeness (QED) is 0.685. The van der Waals surface area contributed by atoms with Crippen molar-refractivity contribution in [2.24, 2.45) is 0 Å². The first-order valence-corrected chi connectivity index (χ1v) is 5.58. The monoisotopic (exact) mass is 199 g/mol. The summed E-state index contributed by atoms with van der Waals surface area (Å²) in [5, 5.41) is 12.5. The molecule has 82 valence electrons. The Kier molecular flexibility index (Phi) is 3.93. The molecule has 1 rings (SSSR count). The topological polar surface area (TPSA) is 49.3 Å². The van der Waals surface area contributed by atoms with Gasteiger partial charge in [0.1, 0.15) is 5.54 Å². The van der Waals surface area contributed by atoms with Gasteiger partial charge in [-0.2, -0.15) is 0 Å². The van der Waals surface area contributed by atoms with E-state index in [4.69, 9.17) is 0 Å². The molecule has 2 N–H and O–H groups in total. The van der Waals surface area contributed by atoms with Gasteiger partial charge < -0.3 is 5.11 Å². The molecule has 1 fully saturated rings. The lowest BCUT2D eigenvalue weighted by Gasteiger charge is -2.31. The largest absolute Gasteiger partial charge is 0.480 e. The average Bonchev–Trinajstić information content (AvgIpc) is 2.29. The maximum Gasteiger partial charge on any atom is 0.323 e. The van der Waals surface area contributed by atoms with Crippen LogP contribution in [0.5, 0.6) is 0 Å². The standard InChI is InChI=1S/C11H21NO2/c1-9(2)12-11(10(13)14)7-5-3-4-6-8-11/h9,12H,3-8H2,1-2H3,(H,13,14). The molecule has 14 heavy (non-hydrogen) atoms. The van der Waals surface area contributed by atoms with E-state index in [2.05, 4.69) is 5.32 Å². The molecular weight excluding hydrogens is 178 g/mol. The minimum atomic E-state index is -0.673. The number of rotatable bonds is 3. The molecule has 0 atom stereocenters. The smallest absolute Gasteiger partial charge is 0.323 e. The molecule has 0 heterocycles. The molecular formula is C11H21NO2. The highest BCUT2D eigenvalue weighted by molar-refractivity contribution is 5.78. The Bertz CT molecular complexity index is 193. The van der Waals surface area contributed by atoms with Crippen molar-refractivity contribution in [3.63, 3.8) is 0 Å². The Labute approximate surface area is 85.9 Å². The van der Waals surface area contributed by atoms with E-state index in [0.29, 0.717) is 0 Å². The summed E-state index contributed by atoms with van der Waals surface area (Å²) < 4.78 is 0. The third-order valence-corrected chi connectivity index (χ3v) is 2.93. The lowest BCUT2D eigenvalue weighted by molar-refractivity contribution is -0.145. The van der Waals surface area contributed by atoms with Gasteiger partial charge in [0.15, 0.2) is 0 Å². The van der Waals surface area contributed by atoms with Gasteiger partial charge in [-0.15, -0.1) is 0 Å². The fourth-order valence-electron chi connectivity index (χ4n) is 2.30. The molecule has 0 aromatic carbocycles. The molecule has 1 saturated carbocycles. The van der Waals surface area contributed by atoms with Gasteiger partial charge in [0.2, 0.25) is 0 Å². The van der Waals surface area contributed by atoms with E-state index in [9.17, 15) is 9.90 Å². The maximum atomic E-state index is 11.3. The van der Waals surface area contributed by atoms with E-state index >= 15 is 0 Å². The number of nitrogens with one attached hydrogen (secondary N) is 1. The lowest BCUT2D eigenvalue weighted by atomic mass is 9.89. The van der Waals surface area contributed by atoms with E-state index in [0.717, 1.165) is 25.7 Å². The van der Waals surface area contributed by atoms with Gasteiger partial charge in [-0.25, -0.2) is 0 Å². The molecule has 0 unspecified atom stereocenters. The second-order valence-electron chi connectivity index (χ2n) is 4.60. The molecule has 0 radical (unpaired) electrons. The Morgan fingerprint density at radius 1 is 1.21 bits per heavy atom. The summed E-state index contributed by atoms with van der Waals surface area (Å²) in [6, 6.07) is 0.240. The Balaban J connectivity index is 2.72. The molecule has 1 aliphatic rings. The second kappa shape index (κ2) is 4.78. The van der Waals surface area contributed by atoms with E-state index in [1.165, 1.54) is 12.8 Å². The first kappa shape index (κ1) is 11.5. The van der Waals surface area contributed by atoms with Gasteiger partial charge in [-0.3, -0.25) is 10.1 Å². The third kappa shape index (κ3) is 2.71. The molecule has 3 heteroatoms. The predicted molar refractivity (Wildman–Crippen MR) is 56.3 cm³/mol. The fourth-order valence-corrected chi connectivity index (χ4v) is 2.30. The van der Waals surface area contributed by atoms with Crippen LogP contribution in [0.1, 0.15) is 52.4 Å². The first-order valence-electron chi connectivity index (χ1n) is 5.58. The van der Waals surface area contributed by atoms with Crippen LogP contribution in [0.2, 0.25) is 0 Å². The van der Waals surface area contributed by atoms with E-state index in [1.807, 2.05) is 13.8 Å². The van der Waals surface area contributed by atoms with Crippen LogP contribution in [0.15, 0.2) is 0 Å². The SMILES string of the molecule is CC(C)NC1(C(=O)O)CCCCCC1. The van der Waals surface area contributed by atoms with Gasteiger partial charge in [0.05, 0.1) is 0 Å². The van der Waals surface area contributed by atoms with Crippen molar-refractivity contribution in [2.75, 3.05) is 0 Å². The molecule has 0 aromatic heterocycles. The Hall–Kier alpha value is -0.570. The van der Waals surface area contributed by atoms with E-state index in [1.54, 1.807) is 0 Å². The summed E-state index contributed by atoms with van der Waals surface area (Å²) in [5.41, 5.74) is -0.648. The molecule has 0 spiro atoms. The van der Waals surface area contributed by atoms with E-state index in [-0.39, 0.29) is 6.04 Å². The van der Waals surface area contributed by atoms with Crippen LogP contribution in [-0.4, -0.2) is 22.7 Å². The Morgan fingerprint density at radius 3 is 2.07 bits per heavy atom. The number of carboxylic acids is 1. The maximum absolute atomic E-state index is 11.3. The minimum Gasteiger partial charge on any atom is -0.480 e. The van der Waals surface area contributed by atoms with Crippen molar-refractivity contribution < 1.29 is 9.90 Å². The molecule has 0 saturated heterocycles. The third-order valence-electron chi connectivity index (χ3n) is 2.93. The molecule has 1 aliphatic carbocycles. The summed E-state index contributed by atoms with van der Waals surface area (Å²) in [5.74, 6) is -0.673. The van der Waals surface area contributed by atoms with Gasteiger partial charge in [0.25, 0.3) is 0 Å². The highest BCUT2D eigenvalue weighted by Crippen LogP contribution is 2.27. The summed E-state index contributed by atoms with van der Waals surface area (Å²) in [4.78, 5) is 11.3. The summed E-state index contributed by atoms with van der Waals surface area (Å²) in [6.07, 6.45) is 5.97. The fraction of sp³-hybridized carbons (Fsp3) is 0.909. The lowest BCUT2D eigenvalue weighted by Crippen LogP contribution is -2.54. The Morgan fingerprint density at radius 2 is 1.71 bits per heavy atom. The summed E-state index contributed by atoms with van der Waals surface area (Å²) in [7, 11) is 0. The molecule has 0 amide bonds. The van der Waals surface area contributed by atoms with Crippen molar-refractivity contribution in [3.8, 4) is 0 Å². The van der Waals surface area contributed by atoms with Crippen LogP contribution in [0.3, 0.4) is 0 Å². The first-order chi connectivity index (χ1) is 6.57. The number of hydrogen-bond donors (Lipinski definition) is 2. The van der Waals surface area contributed by atoms with Crippen LogP contribution < -0.4 is 5.32 Å². The highest BCUT2D eigenvalue weighted by atomic mass is 16.4. The van der Waals surface area contributed by atoms with Crippen LogP contribution in [0.25, 0.3) is 0 Å². The van der Waals surface area contributed by atoms with Crippen molar-refractivity contribution in [3.05, 3.63) is 0 Å². The van der Waals surface area contributed by atoms with Crippen molar-refractivity contribution in [1.29, 1.82) is 0 Å². The van der Waals surface area contributed by atoms with Crippen LogP contribution in [0, 0.1) is 0 Å². The summed E-state index contributed by atoms with van der Waals surface area (Å²) in [6.45, 7) is 4.02. The zero-order valence-electron chi connectivity index (χ0n) is 9.18. The molecule has 0 aliphatic heterocycles. The van der Waals surface area contributed by atoms with Crippen LogP contribution in [0.4, 0.5) is 0 Å². The molecule has 0 bridgehead atoms. The highest BCUT2D eigenvalue weighted by Gasteiger charge is 2.38. The molecule has 3 nitrogen and oxygen atoms in total. The van der Waals surface area contributed by atoms with Crippen LogP contribution in [-0.2, 0) is 4.79 Å². The van der Waals surface area contributed by atoms with Crippen molar-refractivity contribution in [2.45, 2.75) is 64.0 Å². The number of hydrogen-bond acceptors (Lipinski definition) is 2. The van der Waals surface area contributed by atoms with Crippen LogP contribution >= 0.6 is 0 Å². The number of carboxylic acid groups (broad SMARTS) is 1. The van der Waals surface area contributed by atoms with E-state index < -0.39 is 11.5 Å². The zero-order valence-corrected chi connectivity index (χ0v) is 9.18. The normalized spacial score (nSPS) is 21.9. The van der Waals surface area contributed by atoms with Gasteiger partial charge >= 0.3 is 5.97 Å². The van der Waals surface area contributed by atoms with Crippen molar-refractivity contribution in [1.82, 2.24) is 5.32 Å². The van der Waals surface area contributed by atoms with Gasteiger partial charge in [0, 0.05) is 6.04 Å². The van der Waals surface area contributed by atoms with Gasteiger partial charge in [-0.05, 0) is 26.7 Å². The predicted octanol–water partition coefficient (Wildman–Crippen LogP) is 2.16. The van der Waals surface area contributed by atoms with Gasteiger partial charge in [-0.1, -0.05) is 25.7 Å². The number of carbonyl (C=O) groups is 1. The summed E-state index contributed by atoms with van der Waals surface area (Å²) >= 11 is 0. The average molecular weight is 199 g/mol.